The average molecular weight is 306 g/mol. The predicted molar refractivity (Wildman–Crippen MR) is 92.9 cm³/mol. The molecule has 1 heterocycles. The number of hydrogen-bond acceptors (Lipinski definition) is 2. The second kappa shape index (κ2) is 4.82. The fraction of sp³-hybridized carbons (Fsp3) is 0.105. The van der Waals surface area contributed by atoms with Crippen molar-refractivity contribution < 1.29 is 9.90 Å². The number of carbonyl (C=O) groups is 1. The fourth-order valence-electron chi connectivity index (χ4n) is 3.10. The van der Waals surface area contributed by atoms with Gasteiger partial charge >= 0.3 is 5.97 Å². The van der Waals surface area contributed by atoms with Gasteiger partial charge in [0.05, 0.1) is 6.42 Å². The zero-order chi connectivity index (χ0) is 15.3. The minimum atomic E-state index is -0.785. The summed E-state index contributed by atoms with van der Waals surface area (Å²) in [6.07, 6.45) is 0.0690. The molecule has 0 spiro atoms. The molecule has 4 rings (SSSR count). The van der Waals surface area contributed by atoms with Gasteiger partial charge in [0.1, 0.15) is 0 Å². The van der Waals surface area contributed by atoms with Crippen molar-refractivity contribution in [3.8, 4) is 0 Å². The number of aryl methyl sites for hydroxylation is 1. The second-order valence-electron chi connectivity index (χ2n) is 5.60. The Morgan fingerprint density at radius 2 is 1.82 bits per heavy atom. The Labute approximate surface area is 131 Å². The minimum absolute atomic E-state index is 0.0690. The van der Waals surface area contributed by atoms with Crippen molar-refractivity contribution in [1.29, 1.82) is 0 Å². The van der Waals surface area contributed by atoms with E-state index in [-0.39, 0.29) is 6.42 Å². The Morgan fingerprint density at radius 1 is 1.00 bits per heavy atom. The standard InChI is InChI=1S/C19H14O2S/c1-11-6-7-12-8-16-13-4-2-3-5-17(13)22-18(16)9-15(12)14(11)10-19(20)21/h2-9H,10H2,1H3,(H,20,21). The summed E-state index contributed by atoms with van der Waals surface area (Å²) >= 11 is 1.76. The van der Waals surface area contributed by atoms with Crippen LogP contribution in [-0.2, 0) is 11.2 Å². The highest BCUT2D eigenvalue weighted by Gasteiger charge is 2.12. The van der Waals surface area contributed by atoms with Gasteiger partial charge in [-0.2, -0.15) is 0 Å². The molecule has 0 fully saturated rings. The summed E-state index contributed by atoms with van der Waals surface area (Å²) in [4.78, 5) is 11.2. The van der Waals surface area contributed by atoms with Crippen LogP contribution in [0.4, 0.5) is 0 Å². The van der Waals surface area contributed by atoms with Crippen LogP contribution in [0, 0.1) is 6.92 Å². The van der Waals surface area contributed by atoms with Gasteiger partial charge < -0.3 is 5.11 Å². The van der Waals surface area contributed by atoms with E-state index < -0.39 is 5.97 Å². The zero-order valence-corrected chi connectivity index (χ0v) is 12.9. The van der Waals surface area contributed by atoms with Crippen LogP contribution >= 0.6 is 11.3 Å². The van der Waals surface area contributed by atoms with Gasteiger partial charge in [-0.15, -0.1) is 11.3 Å². The van der Waals surface area contributed by atoms with Crippen LogP contribution in [0.5, 0.6) is 0 Å². The van der Waals surface area contributed by atoms with E-state index in [1.54, 1.807) is 11.3 Å². The number of rotatable bonds is 2. The molecule has 1 N–H and O–H groups in total. The number of carboxylic acid groups (broad SMARTS) is 1. The highest BCUT2D eigenvalue weighted by Crippen LogP contribution is 2.37. The van der Waals surface area contributed by atoms with Crippen LogP contribution in [0.25, 0.3) is 30.9 Å². The van der Waals surface area contributed by atoms with Crippen molar-refractivity contribution in [1.82, 2.24) is 0 Å². The first kappa shape index (κ1) is 13.3. The molecule has 2 nitrogen and oxygen atoms in total. The molecule has 1 aromatic heterocycles. The predicted octanol–water partition coefficient (Wildman–Crippen LogP) is 5.14. The van der Waals surface area contributed by atoms with Crippen LogP contribution in [-0.4, -0.2) is 11.1 Å². The molecule has 0 amide bonds. The van der Waals surface area contributed by atoms with E-state index in [2.05, 4.69) is 42.5 Å². The van der Waals surface area contributed by atoms with Crippen molar-refractivity contribution in [2.24, 2.45) is 0 Å². The molecule has 0 saturated carbocycles. The molecule has 108 valence electrons. The Kier molecular flexibility index (Phi) is 2.91. The summed E-state index contributed by atoms with van der Waals surface area (Å²) in [7, 11) is 0. The Morgan fingerprint density at radius 3 is 2.64 bits per heavy atom. The first-order valence-electron chi connectivity index (χ1n) is 7.19. The lowest BCUT2D eigenvalue weighted by Crippen LogP contribution is -2.02. The van der Waals surface area contributed by atoms with Crippen molar-refractivity contribution in [3.05, 3.63) is 59.7 Å². The maximum atomic E-state index is 11.2. The number of thiophene rings is 1. The fourth-order valence-corrected chi connectivity index (χ4v) is 4.23. The molecule has 0 radical (unpaired) electrons. The summed E-state index contributed by atoms with van der Waals surface area (Å²) < 4.78 is 2.48. The third-order valence-electron chi connectivity index (χ3n) is 4.19. The van der Waals surface area contributed by atoms with Gasteiger partial charge in [0.25, 0.3) is 0 Å². The SMILES string of the molecule is Cc1ccc2cc3c(cc2c1CC(=O)O)sc1ccccc13. The van der Waals surface area contributed by atoms with Crippen LogP contribution in [0.15, 0.2) is 48.5 Å². The minimum Gasteiger partial charge on any atom is -0.481 e. The maximum Gasteiger partial charge on any atom is 0.307 e. The molecule has 3 aromatic carbocycles. The lowest BCUT2D eigenvalue weighted by molar-refractivity contribution is -0.136. The first-order chi connectivity index (χ1) is 10.6. The number of hydrogen-bond donors (Lipinski definition) is 1. The molecule has 0 bridgehead atoms. The first-order valence-corrected chi connectivity index (χ1v) is 8.00. The molecule has 3 heteroatoms. The van der Waals surface area contributed by atoms with Gasteiger partial charge in [-0.25, -0.2) is 0 Å². The van der Waals surface area contributed by atoms with E-state index >= 15 is 0 Å². The Hall–Kier alpha value is -2.39. The van der Waals surface area contributed by atoms with Crippen LogP contribution in [0.3, 0.4) is 0 Å². The van der Waals surface area contributed by atoms with Gasteiger partial charge in [-0.1, -0.05) is 30.3 Å². The van der Waals surface area contributed by atoms with Crippen LogP contribution < -0.4 is 0 Å². The van der Waals surface area contributed by atoms with Gasteiger partial charge in [0.15, 0.2) is 0 Å². The van der Waals surface area contributed by atoms with Gasteiger partial charge in [-0.3, -0.25) is 4.79 Å². The van der Waals surface area contributed by atoms with Crippen molar-refractivity contribution >= 4 is 48.3 Å². The molecule has 22 heavy (non-hydrogen) atoms. The van der Waals surface area contributed by atoms with Gasteiger partial charge in [0.2, 0.25) is 0 Å². The molecule has 0 aliphatic heterocycles. The van der Waals surface area contributed by atoms with Crippen molar-refractivity contribution in [2.45, 2.75) is 13.3 Å². The number of aliphatic carboxylic acids is 1. The number of fused-ring (bicyclic) bond motifs is 4. The second-order valence-corrected chi connectivity index (χ2v) is 6.68. The third-order valence-corrected chi connectivity index (χ3v) is 5.32. The van der Waals surface area contributed by atoms with E-state index in [9.17, 15) is 9.90 Å². The third kappa shape index (κ3) is 1.97. The summed E-state index contributed by atoms with van der Waals surface area (Å²) in [6.45, 7) is 1.98. The summed E-state index contributed by atoms with van der Waals surface area (Å²) in [5.74, 6) is -0.785. The molecule has 0 atom stereocenters. The van der Waals surface area contributed by atoms with E-state index in [0.717, 1.165) is 21.9 Å². The van der Waals surface area contributed by atoms with Crippen LogP contribution in [0.1, 0.15) is 11.1 Å². The Bertz CT molecular complexity index is 1040. The van der Waals surface area contributed by atoms with Crippen LogP contribution in [0.2, 0.25) is 0 Å². The lowest BCUT2D eigenvalue weighted by atomic mass is 9.96. The molecular weight excluding hydrogens is 292 g/mol. The monoisotopic (exact) mass is 306 g/mol. The van der Waals surface area contributed by atoms with E-state index in [1.807, 2.05) is 13.0 Å². The molecule has 4 aromatic rings. The lowest BCUT2D eigenvalue weighted by Gasteiger charge is -2.09. The Balaban J connectivity index is 2.11. The molecule has 0 aliphatic carbocycles. The molecule has 0 unspecified atom stereocenters. The molecular formula is C19H14O2S. The topological polar surface area (TPSA) is 37.3 Å². The van der Waals surface area contributed by atoms with E-state index in [0.29, 0.717) is 0 Å². The van der Waals surface area contributed by atoms with Gasteiger partial charge in [-0.05, 0) is 47.0 Å². The van der Waals surface area contributed by atoms with Crippen molar-refractivity contribution in [2.75, 3.05) is 0 Å². The van der Waals surface area contributed by atoms with Crippen molar-refractivity contribution in [3.63, 3.8) is 0 Å². The average Bonchev–Trinajstić information content (AvgIpc) is 2.86. The largest absolute Gasteiger partial charge is 0.481 e. The maximum absolute atomic E-state index is 11.2. The normalized spacial score (nSPS) is 11.5. The van der Waals surface area contributed by atoms with E-state index in [4.69, 9.17) is 0 Å². The number of carboxylic acids is 1. The molecule has 0 aliphatic rings. The highest BCUT2D eigenvalue weighted by atomic mass is 32.1. The zero-order valence-electron chi connectivity index (χ0n) is 12.1. The molecule has 0 saturated heterocycles. The quantitative estimate of drug-likeness (QED) is 0.556. The summed E-state index contributed by atoms with van der Waals surface area (Å²) in [5.41, 5.74) is 1.96. The number of benzene rings is 3. The van der Waals surface area contributed by atoms with E-state index in [1.165, 1.54) is 20.2 Å². The van der Waals surface area contributed by atoms with Gasteiger partial charge in [0, 0.05) is 20.2 Å². The smallest absolute Gasteiger partial charge is 0.307 e. The summed E-state index contributed by atoms with van der Waals surface area (Å²) in [5, 5.41) is 13.9. The summed E-state index contributed by atoms with van der Waals surface area (Å²) in [6, 6.07) is 16.8. The highest BCUT2D eigenvalue weighted by molar-refractivity contribution is 7.25.